The molecule has 0 bridgehead atoms. The van der Waals surface area contributed by atoms with E-state index in [-0.39, 0.29) is 12.1 Å². The molecule has 1 aliphatic heterocycles. The molecule has 1 aromatic heterocycles. The van der Waals surface area contributed by atoms with Crippen molar-refractivity contribution in [3.63, 3.8) is 0 Å². The quantitative estimate of drug-likeness (QED) is 0.911. The lowest BCUT2D eigenvalue weighted by Crippen LogP contribution is -2.46. The van der Waals surface area contributed by atoms with Gasteiger partial charge < -0.3 is 15.0 Å². The number of thiophene rings is 1. The number of hydrogen-bond acceptors (Lipinski definition) is 5. The zero-order chi connectivity index (χ0) is 15.5. The fourth-order valence-electron chi connectivity index (χ4n) is 2.28. The van der Waals surface area contributed by atoms with Crippen LogP contribution in [0, 0.1) is 11.3 Å². The van der Waals surface area contributed by atoms with Crippen molar-refractivity contribution < 1.29 is 9.53 Å². The van der Waals surface area contributed by atoms with Gasteiger partial charge in [0, 0.05) is 19.1 Å². The topological polar surface area (TPSA) is 65.4 Å². The normalized spacial score (nSPS) is 16.4. The first-order valence-corrected chi connectivity index (χ1v) is 7.93. The largest absolute Gasteiger partial charge is 0.444 e. The van der Waals surface area contributed by atoms with Crippen molar-refractivity contribution in [1.29, 1.82) is 5.26 Å². The van der Waals surface area contributed by atoms with E-state index in [1.165, 1.54) is 11.3 Å². The van der Waals surface area contributed by atoms with E-state index in [2.05, 4.69) is 16.3 Å². The molecule has 1 amide bonds. The number of nitrogens with zero attached hydrogens (tertiary/aromatic N) is 2. The van der Waals surface area contributed by atoms with Gasteiger partial charge in [-0.2, -0.15) is 5.26 Å². The van der Waals surface area contributed by atoms with Crippen molar-refractivity contribution in [2.75, 3.05) is 18.0 Å². The van der Waals surface area contributed by atoms with Crippen molar-refractivity contribution in [3.8, 4) is 6.07 Å². The number of ether oxygens (including phenoxy) is 1. The highest BCUT2D eigenvalue weighted by Crippen LogP contribution is 2.28. The van der Waals surface area contributed by atoms with Crippen LogP contribution in [-0.2, 0) is 4.74 Å². The second-order valence-electron chi connectivity index (χ2n) is 6.16. The Kier molecular flexibility index (Phi) is 4.73. The molecule has 1 saturated heterocycles. The molecule has 1 aromatic rings. The van der Waals surface area contributed by atoms with Gasteiger partial charge in [0.05, 0.1) is 5.00 Å². The molecule has 0 spiro atoms. The number of alkyl carbamates (subject to hydrolysis) is 1. The minimum atomic E-state index is -0.463. The first-order valence-electron chi connectivity index (χ1n) is 7.12. The van der Waals surface area contributed by atoms with E-state index in [9.17, 15) is 4.79 Å². The van der Waals surface area contributed by atoms with Gasteiger partial charge in [-0.3, -0.25) is 0 Å². The molecule has 1 fully saturated rings. The van der Waals surface area contributed by atoms with Crippen molar-refractivity contribution in [1.82, 2.24) is 5.32 Å². The number of carbonyl (C=O) groups excluding carboxylic acids is 1. The molecule has 21 heavy (non-hydrogen) atoms. The molecule has 0 aromatic carbocycles. The summed E-state index contributed by atoms with van der Waals surface area (Å²) < 4.78 is 5.27. The van der Waals surface area contributed by atoms with Crippen LogP contribution >= 0.6 is 11.3 Å². The second-order valence-corrected chi connectivity index (χ2v) is 7.22. The van der Waals surface area contributed by atoms with Gasteiger partial charge in [0.15, 0.2) is 0 Å². The van der Waals surface area contributed by atoms with Gasteiger partial charge in [0.25, 0.3) is 0 Å². The van der Waals surface area contributed by atoms with E-state index in [4.69, 9.17) is 10.00 Å². The molecule has 2 heterocycles. The van der Waals surface area contributed by atoms with Crippen molar-refractivity contribution >= 4 is 22.4 Å². The molecule has 0 saturated carbocycles. The van der Waals surface area contributed by atoms with Crippen LogP contribution < -0.4 is 10.2 Å². The molecule has 1 aliphatic rings. The first kappa shape index (κ1) is 15.6. The first-order chi connectivity index (χ1) is 9.87. The summed E-state index contributed by atoms with van der Waals surface area (Å²) >= 11 is 1.52. The average molecular weight is 307 g/mol. The SMILES string of the molecule is CC(C)(C)OC(=O)NC1CCN(c2ccc(C#N)s2)CC1. The molecule has 114 valence electrons. The molecule has 0 aliphatic carbocycles. The summed E-state index contributed by atoms with van der Waals surface area (Å²) in [6.07, 6.45) is 1.43. The molecule has 0 unspecified atom stereocenters. The number of carbonyl (C=O) groups is 1. The van der Waals surface area contributed by atoms with Gasteiger partial charge in [0.2, 0.25) is 0 Å². The highest BCUT2D eigenvalue weighted by molar-refractivity contribution is 7.16. The van der Waals surface area contributed by atoms with Crippen LogP contribution in [0.5, 0.6) is 0 Å². The number of amides is 1. The van der Waals surface area contributed by atoms with E-state index >= 15 is 0 Å². The molecule has 1 N–H and O–H groups in total. The lowest BCUT2D eigenvalue weighted by Gasteiger charge is -2.33. The van der Waals surface area contributed by atoms with Crippen LogP contribution in [-0.4, -0.2) is 30.8 Å². The van der Waals surface area contributed by atoms with E-state index < -0.39 is 5.60 Å². The summed E-state index contributed by atoms with van der Waals surface area (Å²) in [7, 11) is 0. The van der Waals surface area contributed by atoms with Gasteiger partial charge in [-0.25, -0.2) is 4.79 Å². The Balaban J connectivity index is 1.81. The van der Waals surface area contributed by atoms with Crippen LogP contribution in [0.2, 0.25) is 0 Å². The maximum atomic E-state index is 11.7. The minimum Gasteiger partial charge on any atom is -0.444 e. The monoisotopic (exact) mass is 307 g/mol. The van der Waals surface area contributed by atoms with Crippen molar-refractivity contribution in [3.05, 3.63) is 17.0 Å². The van der Waals surface area contributed by atoms with Crippen molar-refractivity contribution in [2.24, 2.45) is 0 Å². The smallest absolute Gasteiger partial charge is 0.407 e. The maximum Gasteiger partial charge on any atom is 0.407 e. The predicted molar refractivity (Wildman–Crippen MR) is 83.6 cm³/mol. The standard InChI is InChI=1S/C15H21N3O2S/c1-15(2,3)20-14(19)17-11-6-8-18(9-7-11)13-5-4-12(10-16)21-13/h4-5,11H,6-9H2,1-3H3,(H,17,19). The number of hydrogen-bond donors (Lipinski definition) is 1. The predicted octanol–water partition coefficient (Wildman–Crippen LogP) is 3.11. The van der Waals surface area contributed by atoms with Crippen molar-refractivity contribution in [2.45, 2.75) is 45.3 Å². The Morgan fingerprint density at radius 1 is 1.43 bits per heavy atom. The van der Waals surface area contributed by atoms with Gasteiger partial charge >= 0.3 is 6.09 Å². The molecular formula is C15H21N3O2S. The van der Waals surface area contributed by atoms with Gasteiger partial charge in [-0.1, -0.05) is 0 Å². The van der Waals surface area contributed by atoms with Gasteiger partial charge in [-0.05, 0) is 45.7 Å². The van der Waals surface area contributed by atoms with Crippen LogP contribution in [0.25, 0.3) is 0 Å². The fraction of sp³-hybridized carbons (Fsp3) is 0.600. The van der Waals surface area contributed by atoms with Crippen LogP contribution in [0.1, 0.15) is 38.5 Å². The number of nitriles is 1. The third kappa shape index (κ3) is 4.64. The summed E-state index contributed by atoms with van der Waals surface area (Å²) in [5.74, 6) is 0. The lowest BCUT2D eigenvalue weighted by atomic mass is 10.1. The van der Waals surface area contributed by atoms with Crippen LogP contribution in [0.3, 0.4) is 0 Å². The Hall–Kier alpha value is -1.74. The summed E-state index contributed by atoms with van der Waals surface area (Å²) in [5, 5.41) is 12.9. The summed E-state index contributed by atoms with van der Waals surface area (Å²) in [6.45, 7) is 7.34. The zero-order valence-electron chi connectivity index (χ0n) is 12.7. The number of piperidine rings is 1. The molecule has 0 atom stereocenters. The molecule has 0 radical (unpaired) electrons. The van der Waals surface area contributed by atoms with E-state index in [0.29, 0.717) is 0 Å². The molecule has 5 nitrogen and oxygen atoms in total. The number of anilines is 1. The minimum absolute atomic E-state index is 0.159. The van der Waals surface area contributed by atoms with Gasteiger partial charge in [-0.15, -0.1) is 11.3 Å². The summed E-state index contributed by atoms with van der Waals surface area (Å²) in [4.78, 5) is 14.7. The van der Waals surface area contributed by atoms with E-state index in [1.807, 2.05) is 32.9 Å². The third-order valence-electron chi connectivity index (χ3n) is 3.23. The Morgan fingerprint density at radius 2 is 2.10 bits per heavy atom. The fourth-order valence-corrected chi connectivity index (χ4v) is 3.13. The maximum absolute atomic E-state index is 11.7. The van der Waals surface area contributed by atoms with E-state index in [0.717, 1.165) is 35.8 Å². The van der Waals surface area contributed by atoms with Crippen LogP contribution in [0.4, 0.5) is 9.80 Å². The molecular weight excluding hydrogens is 286 g/mol. The van der Waals surface area contributed by atoms with E-state index in [1.54, 1.807) is 0 Å². The lowest BCUT2D eigenvalue weighted by molar-refractivity contribution is 0.0497. The third-order valence-corrected chi connectivity index (χ3v) is 4.28. The molecule has 2 rings (SSSR count). The Morgan fingerprint density at radius 3 is 2.62 bits per heavy atom. The number of rotatable bonds is 2. The molecule has 6 heteroatoms. The zero-order valence-corrected chi connectivity index (χ0v) is 13.5. The average Bonchev–Trinajstić information content (AvgIpc) is 2.86. The number of nitrogens with one attached hydrogen (secondary N) is 1. The Bertz CT molecular complexity index is 534. The highest BCUT2D eigenvalue weighted by Gasteiger charge is 2.24. The Labute approximate surface area is 129 Å². The summed E-state index contributed by atoms with van der Waals surface area (Å²) in [6, 6.07) is 6.16. The summed E-state index contributed by atoms with van der Waals surface area (Å²) in [5.41, 5.74) is -0.463. The van der Waals surface area contributed by atoms with Crippen LogP contribution in [0.15, 0.2) is 12.1 Å². The highest BCUT2D eigenvalue weighted by atomic mass is 32.1. The second kappa shape index (κ2) is 6.35. The van der Waals surface area contributed by atoms with Gasteiger partial charge in [0.1, 0.15) is 16.5 Å².